The van der Waals surface area contributed by atoms with Crippen LogP contribution in [0.25, 0.3) is 0 Å². The Bertz CT molecular complexity index is 464. The molecule has 0 aromatic heterocycles. The van der Waals surface area contributed by atoms with Gasteiger partial charge in [-0.25, -0.2) is 4.18 Å². The number of benzene rings is 1. The van der Waals surface area contributed by atoms with E-state index >= 15 is 0 Å². The van der Waals surface area contributed by atoms with Crippen LogP contribution in [0, 0.1) is 0 Å². The standard InChI is InChI=1S/C10H16O5S2/c1-4-14-17(12,13)15-16(2,3)10-7-5-9(11)6-8-10/h5-8,11H,4H2,1-3H3. The van der Waals surface area contributed by atoms with Gasteiger partial charge in [-0.1, -0.05) is 10.3 Å². The minimum atomic E-state index is -3.97. The average Bonchev–Trinajstić information content (AvgIpc) is 2.16. The van der Waals surface area contributed by atoms with Crippen LogP contribution in [0.4, 0.5) is 0 Å². The van der Waals surface area contributed by atoms with Gasteiger partial charge >= 0.3 is 10.4 Å². The summed E-state index contributed by atoms with van der Waals surface area (Å²) in [6.45, 7) is 1.61. The fourth-order valence-corrected chi connectivity index (χ4v) is 4.40. The molecule has 0 bridgehead atoms. The minimum absolute atomic E-state index is 0.0351. The Morgan fingerprint density at radius 3 is 2.18 bits per heavy atom. The average molecular weight is 280 g/mol. The monoisotopic (exact) mass is 280 g/mol. The summed E-state index contributed by atoms with van der Waals surface area (Å²) in [6, 6.07) is 6.24. The molecule has 1 rings (SSSR count). The Morgan fingerprint density at radius 2 is 1.71 bits per heavy atom. The van der Waals surface area contributed by atoms with Crippen molar-refractivity contribution in [2.75, 3.05) is 19.1 Å². The number of phenolic OH excluding ortho intramolecular Hbond substituents is 1. The van der Waals surface area contributed by atoms with Gasteiger partial charge in [-0.05, 0) is 43.7 Å². The molecular weight excluding hydrogens is 264 g/mol. The first kappa shape index (κ1) is 14.3. The van der Waals surface area contributed by atoms with Gasteiger partial charge in [-0.3, -0.25) is 0 Å². The van der Waals surface area contributed by atoms with E-state index in [9.17, 15) is 8.42 Å². The quantitative estimate of drug-likeness (QED) is 0.893. The highest BCUT2D eigenvalue weighted by molar-refractivity contribution is 8.31. The van der Waals surface area contributed by atoms with E-state index in [0.717, 1.165) is 0 Å². The molecule has 0 unspecified atom stereocenters. The minimum Gasteiger partial charge on any atom is -0.508 e. The molecule has 1 aromatic carbocycles. The van der Waals surface area contributed by atoms with Gasteiger partial charge in [0.1, 0.15) is 5.75 Å². The Kier molecular flexibility index (Phi) is 4.42. The Morgan fingerprint density at radius 1 is 1.18 bits per heavy atom. The van der Waals surface area contributed by atoms with Crippen LogP contribution >= 0.6 is 10.3 Å². The maximum Gasteiger partial charge on any atom is 0.409 e. The second kappa shape index (κ2) is 5.26. The summed E-state index contributed by atoms with van der Waals surface area (Å²) in [5, 5.41) is 9.16. The van der Waals surface area contributed by atoms with Crippen molar-refractivity contribution in [3.8, 4) is 5.75 Å². The van der Waals surface area contributed by atoms with Crippen molar-refractivity contribution in [1.82, 2.24) is 0 Å². The van der Waals surface area contributed by atoms with Gasteiger partial charge < -0.3 is 5.11 Å². The van der Waals surface area contributed by atoms with E-state index in [1.54, 1.807) is 31.6 Å². The molecule has 0 aliphatic carbocycles. The van der Waals surface area contributed by atoms with Crippen molar-refractivity contribution in [2.24, 2.45) is 0 Å². The zero-order valence-corrected chi connectivity index (χ0v) is 11.5. The third-order valence-corrected chi connectivity index (χ3v) is 5.88. The second-order valence-corrected chi connectivity index (χ2v) is 8.14. The van der Waals surface area contributed by atoms with Crippen LogP contribution in [-0.4, -0.2) is 32.6 Å². The van der Waals surface area contributed by atoms with Crippen LogP contribution in [0.5, 0.6) is 5.75 Å². The molecule has 0 saturated carbocycles. The summed E-state index contributed by atoms with van der Waals surface area (Å²) < 4.78 is 32.4. The lowest BCUT2D eigenvalue weighted by Crippen LogP contribution is -2.13. The summed E-state index contributed by atoms with van der Waals surface area (Å²) in [5.41, 5.74) is 0. The van der Waals surface area contributed by atoms with Gasteiger partial charge in [0.05, 0.1) is 6.61 Å². The lowest BCUT2D eigenvalue weighted by molar-refractivity contribution is 0.295. The number of hydrogen-bond acceptors (Lipinski definition) is 5. The van der Waals surface area contributed by atoms with Crippen molar-refractivity contribution >= 4 is 20.7 Å². The highest BCUT2D eigenvalue weighted by atomic mass is 32.3. The lowest BCUT2D eigenvalue weighted by atomic mass is 10.3. The third-order valence-electron chi connectivity index (χ3n) is 1.92. The zero-order chi connectivity index (χ0) is 13.1. The second-order valence-electron chi connectivity index (χ2n) is 3.61. The molecule has 7 heteroatoms. The van der Waals surface area contributed by atoms with E-state index in [0.29, 0.717) is 4.90 Å². The Balaban J connectivity index is 2.92. The maximum absolute atomic E-state index is 11.4. The molecule has 0 atom stereocenters. The maximum atomic E-state index is 11.4. The fourth-order valence-electron chi connectivity index (χ4n) is 1.19. The molecule has 0 fully saturated rings. The van der Waals surface area contributed by atoms with Crippen LogP contribution in [0.1, 0.15) is 6.92 Å². The number of aromatic hydroxyl groups is 1. The lowest BCUT2D eigenvalue weighted by Gasteiger charge is -2.29. The van der Waals surface area contributed by atoms with E-state index in [2.05, 4.69) is 4.18 Å². The van der Waals surface area contributed by atoms with Crippen LogP contribution < -0.4 is 0 Å². The van der Waals surface area contributed by atoms with Gasteiger partial charge in [0.2, 0.25) is 0 Å². The Hall–Kier alpha value is -0.760. The number of phenols is 1. The van der Waals surface area contributed by atoms with Crippen LogP contribution in [0.3, 0.4) is 0 Å². The van der Waals surface area contributed by atoms with Gasteiger partial charge in [0.25, 0.3) is 0 Å². The molecular formula is C10H16O5S2. The highest BCUT2D eigenvalue weighted by Gasteiger charge is 2.24. The molecule has 0 amide bonds. The molecule has 0 spiro atoms. The molecule has 17 heavy (non-hydrogen) atoms. The normalized spacial score (nSPS) is 13.6. The molecule has 0 aliphatic rings. The van der Waals surface area contributed by atoms with Crippen LogP contribution in [0.15, 0.2) is 29.2 Å². The number of rotatable bonds is 5. The summed E-state index contributed by atoms with van der Waals surface area (Å²) in [5.74, 6) is 0.122. The topological polar surface area (TPSA) is 72.8 Å². The Labute approximate surface area is 103 Å². The van der Waals surface area contributed by atoms with Crippen LogP contribution in [-0.2, 0) is 18.2 Å². The molecule has 0 radical (unpaired) electrons. The molecule has 98 valence electrons. The van der Waals surface area contributed by atoms with E-state index in [-0.39, 0.29) is 12.4 Å². The van der Waals surface area contributed by atoms with Crippen molar-refractivity contribution in [1.29, 1.82) is 0 Å². The van der Waals surface area contributed by atoms with Crippen molar-refractivity contribution in [3.63, 3.8) is 0 Å². The van der Waals surface area contributed by atoms with E-state index in [4.69, 9.17) is 8.74 Å². The predicted molar refractivity (Wildman–Crippen MR) is 67.4 cm³/mol. The molecule has 0 aliphatic heterocycles. The summed E-state index contributed by atoms with van der Waals surface area (Å²) >= 11 is 0. The molecule has 5 nitrogen and oxygen atoms in total. The van der Waals surface area contributed by atoms with Gasteiger partial charge in [-0.15, -0.1) is 0 Å². The zero-order valence-electron chi connectivity index (χ0n) is 9.91. The van der Waals surface area contributed by atoms with Gasteiger partial charge in [0.15, 0.2) is 0 Å². The first-order valence-electron chi connectivity index (χ1n) is 4.89. The van der Waals surface area contributed by atoms with Crippen molar-refractivity contribution < 1.29 is 21.3 Å². The molecule has 1 N–H and O–H groups in total. The highest BCUT2D eigenvalue weighted by Crippen LogP contribution is 2.51. The first-order chi connectivity index (χ1) is 7.77. The van der Waals surface area contributed by atoms with E-state index < -0.39 is 20.7 Å². The molecule has 1 aromatic rings. The summed E-state index contributed by atoms with van der Waals surface area (Å²) in [4.78, 5) is 0.707. The third kappa shape index (κ3) is 4.19. The van der Waals surface area contributed by atoms with E-state index in [1.807, 2.05) is 0 Å². The van der Waals surface area contributed by atoms with E-state index in [1.165, 1.54) is 12.1 Å². The fraction of sp³-hybridized carbons (Fsp3) is 0.400. The van der Waals surface area contributed by atoms with Gasteiger partial charge in [0, 0.05) is 4.90 Å². The SMILES string of the molecule is CCOS(=O)(=O)OS(C)(C)c1ccc(O)cc1. The van der Waals surface area contributed by atoms with Gasteiger partial charge in [-0.2, -0.15) is 12.0 Å². The smallest absolute Gasteiger partial charge is 0.409 e. The number of hydrogen-bond donors (Lipinski definition) is 1. The predicted octanol–water partition coefficient (Wildman–Crippen LogP) is 2.03. The van der Waals surface area contributed by atoms with Crippen molar-refractivity contribution in [2.45, 2.75) is 11.8 Å². The van der Waals surface area contributed by atoms with Crippen molar-refractivity contribution in [3.05, 3.63) is 24.3 Å². The summed E-state index contributed by atoms with van der Waals surface area (Å²) in [6.07, 6.45) is 3.38. The van der Waals surface area contributed by atoms with Crippen LogP contribution in [0.2, 0.25) is 0 Å². The summed E-state index contributed by atoms with van der Waals surface area (Å²) in [7, 11) is -5.95. The largest absolute Gasteiger partial charge is 0.508 e. The molecule has 0 heterocycles. The molecule has 0 saturated heterocycles. The first-order valence-corrected chi connectivity index (χ1v) is 8.60.